The Kier molecular flexibility index (Phi) is 4.52. The summed E-state index contributed by atoms with van der Waals surface area (Å²) in [5, 5.41) is 19.8. The standard InChI is InChI=1S/C11H13NO3S/c1-8-3-5-10(6-4-8)16-11(12(14)15)7-9(2)13/h3-7,9,13H,1-2H3/b11-7-/t9-/m0/s1. The molecule has 0 amide bonds. The molecule has 1 aromatic carbocycles. The maximum atomic E-state index is 10.7. The minimum Gasteiger partial charge on any atom is -0.389 e. The summed E-state index contributed by atoms with van der Waals surface area (Å²) in [6.07, 6.45) is 0.406. The number of aryl methyl sites for hydroxylation is 1. The lowest BCUT2D eigenvalue weighted by Gasteiger charge is -2.01. The van der Waals surface area contributed by atoms with Crippen LogP contribution >= 0.6 is 11.8 Å². The normalized spacial score (nSPS) is 13.6. The van der Waals surface area contributed by atoms with Crippen molar-refractivity contribution in [2.75, 3.05) is 0 Å². The summed E-state index contributed by atoms with van der Waals surface area (Å²) >= 11 is 1.04. The van der Waals surface area contributed by atoms with Crippen molar-refractivity contribution in [2.45, 2.75) is 24.8 Å². The smallest absolute Gasteiger partial charge is 0.306 e. The van der Waals surface area contributed by atoms with Gasteiger partial charge in [-0.2, -0.15) is 0 Å². The maximum absolute atomic E-state index is 10.7. The zero-order chi connectivity index (χ0) is 12.1. The van der Waals surface area contributed by atoms with Gasteiger partial charge in [0.1, 0.15) is 0 Å². The van der Waals surface area contributed by atoms with Gasteiger partial charge in [-0.1, -0.05) is 17.7 Å². The van der Waals surface area contributed by atoms with E-state index in [-0.39, 0.29) is 5.03 Å². The fraction of sp³-hybridized carbons (Fsp3) is 0.273. The van der Waals surface area contributed by atoms with E-state index < -0.39 is 11.0 Å². The van der Waals surface area contributed by atoms with Gasteiger partial charge in [-0.3, -0.25) is 10.1 Å². The highest BCUT2D eigenvalue weighted by atomic mass is 32.2. The van der Waals surface area contributed by atoms with Gasteiger partial charge >= 0.3 is 5.03 Å². The Morgan fingerprint density at radius 3 is 2.50 bits per heavy atom. The molecule has 1 aromatic rings. The van der Waals surface area contributed by atoms with Crippen LogP contribution in [-0.2, 0) is 0 Å². The lowest BCUT2D eigenvalue weighted by Crippen LogP contribution is -2.01. The molecule has 0 radical (unpaired) electrons. The molecule has 0 unspecified atom stereocenters. The zero-order valence-electron chi connectivity index (χ0n) is 9.08. The summed E-state index contributed by atoms with van der Waals surface area (Å²) in [5.74, 6) is 0. The summed E-state index contributed by atoms with van der Waals surface area (Å²) in [5.41, 5.74) is 1.10. The molecule has 5 heteroatoms. The lowest BCUT2D eigenvalue weighted by molar-refractivity contribution is -0.410. The minimum absolute atomic E-state index is 0.0566. The van der Waals surface area contributed by atoms with Crippen molar-refractivity contribution in [3.8, 4) is 0 Å². The largest absolute Gasteiger partial charge is 0.389 e. The third-order valence-corrected chi connectivity index (χ3v) is 2.81. The van der Waals surface area contributed by atoms with Gasteiger partial charge in [-0.15, -0.1) is 0 Å². The molecule has 0 aliphatic rings. The third kappa shape index (κ3) is 4.04. The van der Waals surface area contributed by atoms with Crippen molar-refractivity contribution < 1.29 is 10.0 Å². The van der Waals surface area contributed by atoms with Crippen molar-refractivity contribution in [3.63, 3.8) is 0 Å². The number of rotatable bonds is 4. The predicted octanol–water partition coefficient (Wildman–Crippen LogP) is 2.59. The number of hydrogen-bond acceptors (Lipinski definition) is 4. The van der Waals surface area contributed by atoms with Crippen molar-refractivity contribution in [1.29, 1.82) is 0 Å². The quantitative estimate of drug-likeness (QED) is 0.498. The molecule has 0 spiro atoms. The molecule has 0 saturated carbocycles. The summed E-state index contributed by atoms with van der Waals surface area (Å²) in [4.78, 5) is 11.0. The molecule has 86 valence electrons. The third-order valence-electron chi connectivity index (χ3n) is 1.81. The molecule has 0 bridgehead atoms. The molecule has 0 fully saturated rings. The lowest BCUT2D eigenvalue weighted by atomic mass is 10.2. The first kappa shape index (κ1) is 12.7. The average molecular weight is 239 g/mol. The second kappa shape index (κ2) is 5.67. The monoisotopic (exact) mass is 239 g/mol. The highest BCUT2D eigenvalue weighted by Gasteiger charge is 2.13. The first-order valence-corrected chi connectivity index (χ1v) is 5.59. The van der Waals surface area contributed by atoms with Crippen molar-refractivity contribution in [1.82, 2.24) is 0 Å². The van der Waals surface area contributed by atoms with Crippen LogP contribution in [0.1, 0.15) is 12.5 Å². The van der Waals surface area contributed by atoms with E-state index in [1.54, 1.807) is 0 Å². The van der Waals surface area contributed by atoms with Crippen LogP contribution in [0.5, 0.6) is 0 Å². The molecule has 0 aliphatic heterocycles. The molecule has 4 nitrogen and oxygen atoms in total. The van der Waals surface area contributed by atoms with Crippen molar-refractivity contribution in [2.24, 2.45) is 0 Å². The number of thioether (sulfide) groups is 1. The number of nitrogens with zero attached hydrogens (tertiary/aromatic N) is 1. The molecule has 1 rings (SSSR count). The van der Waals surface area contributed by atoms with Gasteiger partial charge in [0.05, 0.1) is 11.0 Å². The topological polar surface area (TPSA) is 63.4 Å². The van der Waals surface area contributed by atoms with Gasteiger partial charge in [0.2, 0.25) is 0 Å². The van der Waals surface area contributed by atoms with E-state index in [1.807, 2.05) is 31.2 Å². The van der Waals surface area contributed by atoms with Gasteiger partial charge in [0, 0.05) is 11.0 Å². The Labute approximate surface area is 98.1 Å². The number of benzene rings is 1. The fourth-order valence-electron chi connectivity index (χ4n) is 1.07. The Morgan fingerprint density at radius 2 is 2.06 bits per heavy atom. The van der Waals surface area contributed by atoms with Gasteiger partial charge in [-0.05, 0) is 37.7 Å². The van der Waals surface area contributed by atoms with Crippen LogP contribution in [0, 0.1) is 17.0 Å². The number of hydrogen-bond donors (Lipinski definition) is 1. The Bertz CT molecular complexity index is 398. The van der Waals surface area contributed by atoms with Gasteiger partial charge in [-0.25, -0.2) is 0 Å². The molecular weight excluding hydrogens is 226 g/mol. The van der Waals surface area contributed by atoms with Crippen LogP contribution in [0.25, 0.3) is 0 Å². The number of aliphatic hydroxyl groups excluding tert-OH is 1. The van der Waals surface area contributed by atoms with Crippen LogP contribution < -0.4 is 0 Å². The predicted molar refractivity (Wildman–Crippen MR) is 63.8 cm³/mol. The van der Waals surface area contributed by atoms with E-state index in [0.29, 0.717) is 0 Å². The first-order valence-electron chi connectivity index (χ1n) is 4.78. The van der Waals surface area contributed by atoms with E-state index in [2.05, 4.69) is 0 Å². The SMILES string of the molecule is Cc1ccc(S/C(=C\[C@H](C)O)[N+](=O)[O-])cc1. The first-order chi connectivity index (χ1) is 7.49. The van der Waals surface area contributed by atoms with Gasteiger partial charge < -0.3 is 5.11 Å². The second-order valence-electron chi connectivity index (χ2n) is 3.42. The van der Waals surface area contributed by atoms with Gasteiger partial charge in [0.25, 0.3) is 0 Å². The molecule has 1 atom stereocenters. The minimum atomic E-state index is -0.821. The van der Waals surface area contributed by atoms with Crippen LogP contribution in [0.2, 0.25) is 0 Å². The Hall–Kier alpha value is -1.33. The summed E-state index contributed by atoms with van der Waals surface area (Å²) in [7, 11) is 0. The van der Waals surface area contributed by atoms with E-state index in [9.17, 15) is 10.1 Å². The average Bonchev–Trinajstić information content (AvgIpc) is 2.19. The maximum Gasteiger partial charge on any atom is 0.306 e. The Balaban J connectivity index is 2.84. The summed E-state index contributed by atoms with van der Waals surface area (Å²) in [6.45, 7) is 3.44. The Morgan fingerprint density at radius 1 is 1.50 bits per heavy atom. The number of nitro groups is 1. The molecule has 0 saturated heterocycles. The molecule has 1 N–H and O–H groups in total. The molecule has 0 aromatic heterocycles. The summed E-state index contributed by atoms with van der Waals surface area (Å²) in [6, 6.07) is 7.42. The molecule has 16 heavy (non-hydrogen) atoms. The molecule has 0 heterocycles. The second-order valence-corrected chi connectivity index (χ2v) is 4.51. The van der Waals surface area contributed by atoms with E-state index >= 15 is 0 Å². The van der Waals surface area contributed by atoms with Crippen molar-refractivity contribution >= 4 is 11.8 Å². The molecule has 0 aliphatic carbocycles. The van der Waals surface area contributed by atoms with Gasteiger partial charge in [0.15, 0.2) is 0 Å². The zero-order valence-corrected chi connectivity index (χ0v) is 9.90. The van der Waals surface area contributed by atoms with E-state index in [0.717, 1.165) is 22.2 Å². The summed E-state index contributed by atoms with van der Waals surface area (Å²) < 4.78 is 0. The van der Waals surface area contributed by atoms with Crippen LogP contribution in [-0.4, -0.2) is 16.1 Å². The van der Waals surface area contributed by atoms with Crippen LogP contribution in [0.4, 0.5) is 0 Å². The fourth-order valence-corrected chi connectivity index (χ4v) is 1.92. The van der Waals surface area contributed by atoms with Crippen molar-refractivity contribution in [3.05, 3.63) is 51.0 Å². The van der Waals surface area contributed by atoms with E-state index in [4.69, 9.17) is 5.11 Å². The molecular formula is C11H13NO3S. The van der Waals surface area contributed by atoms with Crippen LogP contribution in [0.15, 0.2) is 40.3 Å². The highest BCUT2D eigenvalue weighted by Crippen LogP contribution is 2.27. The van der Waals surface area contributed by atoms with Crippen LogP contribution in [0.3, 0.4) is 0 Å². The van der Waals surface area contributed by atoms with E-state index in [1.165, 1.54) is 13.0 Å². The highest BCUT2D eigenvalue weighted by molar-refractivity contribution is 8.02. The number of aliphatic hydroxyl groups is 1.